The Balaban J connectivity index is 3.00. The van der Waals surface area contributed by atoms with Crippen LogP contribution in [0, 0.1) is 5.92 Å². The summed E-state index contributed by atoms with van der Waals surface area (Å²) in [5, 5.41) is 8.57. The van der Waals surface area contributed by atoms with Crippen molar-refractivity contribution in [2.24, 2.45) is 5.92 Å². The molecule has 0 saturated heterocycles. The highest BCUT2D eigenvalue weighted by atomic mass is 16.5. The summed E-state index contributed by atoms with van der Waals surface area (Å²) in [6.07, 6.45) is 4.52. The van der Waals surface area contributed by atoms with E-state index in [1.54, 1.807) is 13.2 Å². The molecule has 0 radical (unpaired) electrons. The summed E-state index contributed by atoms with van der Waals surface area (Å²) in [6.45, 7) is 4.15. The zero-order chi connectivity index (χ0) is 13.5. The first-order valence-electron chi connectivity index (χ1n) is 5.80. The van der Waals surface area contributed by atoms with Crippen molar-refractivity contribution in [2.45, 2.75) is 13.8 Å². The molecule has 1 aromatic rings. The van der Waals surface area contributed by atoms with Crippen molar-refractivity contribution in [1.82, 2.24) is 0 Å². The van der Waals surface area contributed by atoms with E-state index in [0.717, 1.165) is 23.0 Å². The van der Waals surface area contributed by atoms with Gasteiger partial charge in [-0.3, -0.25) is 0 Å². The van der Waals surface area contributed by atoms with E-state index in [-0.39, 0.29) is 0 Å². The van der Waals surface area contributed by atoms with Crippen molar-refractivity contribution in [3.8, 4) is 5.75 Å². The third-order valence-electron chi connectivity index (χ3n) is 2.56. The number of methoxy groups -OCH3 is 1. The molecule has 0 unspecified atom stereocenters. The molecule has 0 aliphatic rings. The normalized spacial score (nSPS) is 12.1. The van der Waals surface area contributed by atoms with Gasteiger partial charge in [0.1, 0.15) is 5.75 Å². The molecule has 1 aromatic carbocycles. The van der Waals surface area contributed by atoms with E-state index in [1.165, 1.54) is 0 Å². The lowest BCUT2D eigenvalue weighted by atomic mass is 9.95. The Morgan fingerprint density at radius 2 is 1.89 bits per heavy atom. The summed E-state index contributed by atoms with van der Waals surface area (Å²) in [5.41, 5.74) is 2.16. The van der Waals surface area contributed by atoms with Crippen LogP contribution in [0.2, 0.25) is 0 Å². The molecule has 18 heavy (non-hydrogen) atoms. The maximum Gasteiger partial charge on any atom is 0.328 e. The second-order valence-corrected chi connectivity index (χ2v) is 4.20. The minimum atomic E-state index is -0.941. The maximum atomic E-state index is 10.4. The van der Waals surface area contributed by atoms with Gasteiger partial charge in [-0.2, -0.15) is 0 Å². The van der Waals surface area contributed by atoms with Crippen LogP contribution in [0.4, 0.5) is 0 Å². The highest BCUT2D eigenvalue weighted by molar-refractivity contribution is 5.81. The molecule has 0 fully saturated rings. The molecule has 0 aliphatic heterocycles. The van der Waals surface area contributed by atoms with Crippen LogP contribution in [0.15, 0.2) is 42.5 Å². The molecule has 0 atom stereocenters. The van der Waals surface area contributed by atoms with Gasteiger partial charge in [-0.15, -0.1) is 0 Å². The lowest BCUT2D eigenvalue weighted by Gasteiger charge is -2.11. The van der Waals surface area contributed by atoms with Crippen molar-refractivity contribution in [1.29, 1.82) is 0 Å². The largest absolute Gasteiger partial charge is 0.497 e. The Labute approximate surface area is 107 Å². The number of hydrogen-bond donors (Lipinski definition) is 1. The first-order valence-corrected chi connectivity index (χ1v) is 5.80. The lowest BCUT2D eigenvalue weighted by molar-refractivity contribution is -0.131. The van der Waals surface area contributed by atoms with Crippen LogP contribution in [0.1, 0.15) is 19.4 Å². The van der Waals surface area contributed by atoms with E-state index < -0.39 is 5.97 Å². The van der Waals surface area contributed by atoms with Gasteiger partial charge in [0.2, 0.25) is 0 Å². The van der Waals surface area contributed by atoms with Crippen LogP contribution in [0.25, 0.3) is 5.57 Å². The second-order valence-electron chi connectivity index (χ2n) is 4.20. The Morgan fingerprint density at radius 1 is 1.28 bits per heavy atom. The van der Waals surface area contributed by atoms with E-state index in [4.69, 9.17) is 9.84 Å². The number of benzene rings is 1. The molecule has 3 nitrogen and oxygen atoms in total. The molecule has 3 heteroatoms. The Kier molecular flexibility index (Phi) is 5.18. The van der Waals surface area contributed by atoms with Gasteiger partial charge in [0, 0.05) is 6.08 Å². The molecule has 0 saturated carbocycles. The van der Waals surface area contributed by atoms with Gasteiger partial charge in [-0.05, 0) is 29.2 Å². The predicted molar refractivity (Wildman–Crippen MR) is 72.6 cm³/mol. The third kappa shape index (κ3) is 4.09. The van der Waals surface area contributed by atoms with Crippen LogP contribution in [-0.2, 0) is 4.79 Å². The van der Waals surface area contributed by atoms with Gasteiger partial charge in [0.15, 0.2) is 0 Å². The molecule has 0 heterocycles. The molecule has 0 aliphatic carbocycles. The minimum Gasteiger partial charge on any atom is -0.497 e. The molecule has 96 valence electrons. The van der Waals surface area contributed by atoms with E-state index in [9.17, 15) is 4.79 Å². The van der Waals surface area contributed by atoms with Gasteiger partial charge < -0.3 is 9.84 Å². The van der Waals surface area contributed by atoms with E-state index in [2.05, 4.69) is 13.8 Å². The smallest absolute Gasteiger partial charge is 0.328 e. The molecular weight excluding hydrogens is 228 g/mol. The van der Waals surface area contributed by atoms with Crippen molar-refractivity contribution in [2.75, 3.05) is 7.11 Å². The Hall–Kier alpha value is -2.03. The lowest BCUT2D eigenvalue weighted by Crippen LogP contribution is -1.94. The average Bonchev–Trinajstić information content (AvgIpc) is 2.34. The number of carboxylic acids is 1. The average molecular weight is 246 g/mol. The fourth-order valence-corrected chi connectivity index (χ4v) is 1.64. The summed E-state index contributed by atoms with van der Waals surface area (Å²) < 4.78 is 5.11. The number of allylic oxidation sites excluding steroid dienone is 3. The summed E-state index contributed by atoms with van der Waals surface area (Å²) in [5.74, 6) is 0.184. The van der Waals surface area contributed by atoms with Gasteiger partial charge in [-0.1, -0.05) is 38.1 Å². The molecule has 0 spiro atoms. The number of rotatable bonds is 5. The topological polar surface area (TPSA) is 46.5 Å². The number of hydrogen-bond acceptors (Lipinski definition) is 2. The van der Waals surface area contributed by atoms with E-state index in [1.807, 2.05) is 30.3 Å². The first kappa shape index (κ1) is 14.0. The molecule has 0 amide bonds. The maximum absolute atomic E-state index is 10.4. The fourth-order valence-electron chi connectivity index (χ4n) is 1.64. The summed E-state index contributed by atoms with van der Waals surface area (Å²) in [6, 6.07) is 7.73. The van der Waals surface area contributed by atoms with Gasteiger partial charge >= 0.3 is 5.97 Å². The van der Waals surface area contributed by atoms with Gasteiger partial charge in [0.25, 0.3) is 0 Å². The number of carbonyl (C=O) groups is 1. The quantitative estimate of drug-likeness (QED) is 0.640. The van der Waals surface area contributed by atoms with Crippen LogP contribution < -0.4 is 4.74 Å². The van der Waals surface area contributed by atoms with Gasteiger partial charge in [-0.25, -0.2) is 4.79 Å². The van der Waals surface area contributed by atoms with Crippen molar-refractivity contribution < 1.29 is 14.6 Å². The van der Waals surface area contributed by atoms with E-state index in [0.29, 0.717) is 5.92 Å². The number of carboxylic acid groups (broad SMARTS) is 1. The third-order valence-corrected chi connectivity index (χ3v) is 2.56. The predicted octanol–water partition coefficient (Wildman–Crippen LogP) is 3.38. The summed E-state index contributed by atoms with van der Waals surface area (Å²) >= 11 is 0. The highest BCUT2D eigenvalue weighted by Crippen LogP contribution is 2.25. The highest BCUT2D eigenvalue weighted by Gasteiger charge is 2.05. The number of aliphatic carboxylic acids is 1. The zero-order valence-electron chi connectivity index (χ0n) is 10.9. The molecule has 0 aromatic heterocycles. The Bertz CT molecular complexity index is 453. The van der Waals surface area contributed by atoms with E-state index >= 15 is 0 Å². The van der Waals surface area contributed by atoms with Gasteiger partial charge in [0.05, 0.1) is 7.11 Å². The van der Waals surface area contributed by atoms with Crippen molar-refractivity contribution in [3.63, 3.8) is 0 Å². The summed E-state index contributed by atoms with van der Waals surface area (Å²) in [7, 11) is 1.63. The Morgan fingerprint density at radius 3 is 2.33 bits per heavy atom. The SMILES string of the molecule is COc1ccc(C(=CC=CC(=O)O)C(C)C)cc1. The summed E-state index contributed by atoms with van der Waals surface area (Å²) in [4.78, 5) is 10.4. The molecule has 0 bridgehead atoms. The molecular formula is C15H18O3. The van der Waals surface area contributed by atoms with Crippen LogP contribution in [0.5, 0.6) is 5.75 Å². The second kappa shape index (κ2) is 6.64. The van der Waals surface area contributed by atoms with Crippen LogP contribution >= 0.6 is 0 Å². The fraction of sp³-hybridized carbons (Fsp3) is 0.267. The zero-order valence-corrected chi connectivity index (χ0v) is 10.9. The molecule has 1 rings (SSSR count). The first-order chi connectivity index (χ1) is 8.54. The van der Waals surface area contributed by atoms with Crippen LogP contribution in [-0.4, -0.2) is 18.2 Å². The van der Waals surface area contributed by atoms with Crippen LogP contribution in [0.3, 0.4) is 0 Å². The monoisotopic (exact) mass is 246 g/mol. The number of ether oxygens (including phenoxy) is 1. The van der Waals surface area contributed by atoms with Crippen molar-refractivity contribution in [3.05, 3.63) is 48.1 Å². The molecule has 1 N–H and O–H groups in total. The standard InChI is InChI=1S/C15H18O3/c1-11(2)14(5-4-6-15(16)17)12-7-9-13(18-3)10-8-12/h4-11H,1-3H3,(H,16,17). The minimum absolute atomic E-state index is 0.317. The van der Waals surface area contributed by atoms with Crippen molar-refractivity contribution >= 4 is 11.5 Å².